The first kappa shape index (κ1) is 8.22. The van der Waals surface area contributed by atoms with Gasteiger partial charge in [0.25, 0.3) is 4.80 Å². The summed E-state index contributed by atoms with van der Waals surface area (Å²) in [6.07, 6.45) is 1.27. The fraction of sp³-hybridized carbons (Fsp3) is 0.200. The van der Waals surface area contributed by atoms with Gasteiger partial charge in [-0.1, -0.05) is 0 Å². The van der Waals surface area contributed by atoms with Crippen molar-refractivity contribution in [2.24, 2.45) is 5.73 Å². The van der Waals surface area contributed by atoms with Crippen molar-refractivity contribution in [3.05, 3.63) is 16.8 Å². The molecule has 1 aromatic heterocycles. The molecule has 5 nitrogen and oxygen atoms in total. The molecule has 1 aromatic rings. The van der Waals surface area contributed by atoms with Crippen molar-refractivity contribution in [2.75, 3.05) is 0 Å². The van der Waals surface area contributed by atoms with Crippen molar-refractivity contribution in [2.45, 2.75) is 6.04 Å². The Morgan fingerprint density at radius 1 is 1.91 bits per heavy atom. The molecule has 6 heteroatoms. The molecule has 0 saturated carbocycles. The number of aromatic nitrogens is 1. The van der Waals surface area contributed by atoms with Crippen LogP contribution in [0.1, 0.15) is 11.8 Å². The van der Waals surface area contributed by atoms with Crippen LogP contribution >= 0.6 is 15.9 Å². The first-order valence-corrected chi connectivity index (χ1v) is 3.50. The van der Waals surface area contributed by atoms with Crippen LogP contribution < -0.4 is 5.73 Å². The lowest BCUT2D eigenvalue weighted by Gasteiger charge is -1.98. The molecule has 3 N–H and O–H groups in total. The minimum absolute atomic E-state index is 0.129. The van der Waals surface area contributed by atoms with E-state index in [-0.39, 0.29) is 10.6 Å². The molecule has 0 aliphatic rings. The Hall–Kier alpha value is -0.880. The van der Waals surface area contributed by atoms with E-state index >= 15 is 0 Å². The number of hydrogen-bond acceptors (Lipinski definition) is 4. The van der Waals surface area contributed by atoms with Gasteiger partial charge in [-0.15, -0.1) is 0 Å². The number of rotatable bonds is 2. The first-order valence-electron chi connectivity index (χ1n) is 2.71. The zero-order chi connectivity index (χ0) is 8.43. The van der Waals surface area contributed by atoms with Crippen LogP contribution in [0.3, 0.4) is 0 Å². The third-order valence-corrected chi connectivity index (χ3v) is 1.43. The Bertz CT molecular complexity index is 272. The van der Waals surface area contributed by atoms with Gasteiger partial charge < -0.3 is 15.3 Å². The average Bonchev–Trinajstić information content (AvgIpc) is 2.34. The third-order valence-electron chi connectivity index (χ3n) is 1.07. The summed E-state index contributed by atoms with van der Waals surface area (Å²) < 4.78 is 4.81. The van der Waals surface area contributed by atoms with E-state index in [2.05, 4.69) is 20.9 Å². The third kappa shape index (κ3) is 1.78. The maximum Gasteiger partial charge on any atom is 0.328 e. The summed E-state index contributed by atoms with van der Waals surface area (Å²) in [6.45, 7) is 0. The number of hydrogen-bond donors (Lipinski definition) is 2. The highest BCUT2D eigenvalue weighted by Gasteiger charge is 2.18. The predicted octanol–water partition coefficient (Wildman–Crippen LogP) is 0.522. The Morgan fingerprint density at radius 3 is 2.91 bits per heavy atom. The van der Waals surface area contributed by atoms with Crippen molar-refractivity contribution < 1.29 is 14.3 Å². The summed E-state index contributed by atoms with van der Waals surface area (Å²) >= 11 is 2.92. The van der Waals surface area contributed by atoms with E-state index in [9.17, 15) is 4.79 Å². The number of carboxylic acid groups (broad SMARTS) is 1. The van der Waals surface area contributed by atoms with Gasteiger partial charge in [-0.25, -0.2) is 4.98 Å². The molecule has 0 fully saturated rings. The summed E-state index contributed by atoms with van der Waals surface area (Å²) in [5, 5.41) is 8.42. The van der Waals surface area contributed by atoms with Crippen molar-refractivity contribution in [3.8, 4) is 0 Å². The lowest BCUT2D eigenvalue weighted by Crippen LogP contribution is -2.19. The minimum atomic E-state index is -1.14. The summed E-state index contributed by atoms with van der Waals surface area (Å²) in [6, 6.07) is -1.14. The molecule has 1 rings (SSSR count). The van der Waals surface area contributed by atoms with Crippen molar-refractivity contribution in [1.29, 1.82) is 0 Å². The topological polar surface area (TPSA) is 89.4 Å². The SMILES string of the molecule is NC(C(=O)O)c1cnc(Br)o1. The highest BCUT2D eigenvalue weighted by Crippen LogP contribution is 2.15. The van der Waals surface area contributed by atoms with Crippen molar-refractivity contribution >= 4 is 21.9 Å². The predicted molar refractivity (Wildman–Crippen MR) is 38.8 cm³/mol. The molecule has 0 amide bonds. The molecular weight excluding hydrogens is 216 g/mol. The molecule has 60 valence electrons. The molecule has 0 aromatic carbocycles. The molecule has 0 saturated heterocycles. The van der Waals surface area contributed by atoms with Crippen LogP contribution in [-0.4, -0.2) is 16.1 Å². The van der Waals surface area contributed by atoms with E-state index in [0.717, 1.165) is 0 Å². The molecule has 1 heterocycles. The molecule has 0 aliphatic heterocycles. The molecule has 1 atom stereocenters. The highest BCUT2D eigenvalue weighted by atomic mass is 79.9. The summed E-state index contributed by atoms with van der Waals surface area (Å²) in [4.78, 5) is 14.1. The first-order chi connectivity index (χ1) is 5.11. The number of nitrogens with two attached hydrogens (primary N) is 1. The summed E-state index contributed by atoms with van der Waals surface area (Å²) in [7, 11) is 0. The molecule has 1 unspecified atom stereocenters. The smallest absolute Gasteiger partial charge is 0.328 e. The van der Waals surface area contributed by atoms with Gasteiger partial charge in [0.15, 0.2) is 11.8 Å². The Labute approximate surface area is 70.3 Å². The van der Waals surface area contributed by atoms with E-state index < -0.39 is 12.0 Å². The molecule has 0 bridgehead atoms. The second-order valence-electron chi connectivity index (χ2n) is 1.83. The van der Waals surface area contributed by atoms with Crippen LogP contribution in [0.2, 0.25) is 0 Å². The largest absolute Gasteiger partial charge is 0.480 e. The van der Waals surface area contributed by atoms with Gasteiger partial charge in [-0.3, -0.25) is 4.79 Å². The number of oxazole rings is 1. The van der Waals surface area contributed by atoms with Crippen LogP contribution in [0.15, 0.2) is 15.4 Å². The van der Waals surface area contributed by atoms with Gasteiger partial charge in [0, 0.05) is 15.9 Å². The zero-order valence-electron chi connectivity index (χ0n) is 5.32. The number of aliphatic carboxylic acids is 1. The Balaban J connectivity index is 2.84. The van der Waals surface area contributed by atoms with E-state index in [0.29, 0.717) is 0 Å². The van der Waals surface area contributed by atoms with Gasteiger partial charge in [-0.05, 0) is 0 Å². The summed E-state index contributed by atoms with van der Waals surface area (Å²) in [5.74, 6) is -1.02. The normalized spacial score (nSPS) is 12.9. The van der Waals surface area contributed by atoms with Crippen molar-refractivity contribution in [3.63, 3.8) is 0 Å². The monoisotopic (exact) mass is 220 g/mol. The quantitative estimate of drug-likeness (QED) is 0.759. The van der Waals surface area contributed by atoms with Gasteiger partial charge in [0.1, 0.15) is 0 Å². The van der Waals surface area contributed by atoms with Crippen LogP contribution in [-0.2, 0) is 4.79 Å². The van der Waals surface area contributed by atoms with E-state index in [4.69, 9.17) is 15.3 Å². The van der Waals surface area contributed by atoms with Gasteiger partial charge in [0.2, 0.25) is 0 Å². The fourth-order valence-electron chi connectivity index (χ4n) is 0.530. The molecule has 0 spiro atoms. The number of carboxylic acids is 1. The van der Waals surface area contributed by atoms with Gasteiger partial charge in [0.05, 0.1) is 6.20 Å². The highest BCUT2D eigenvalue weighted by molar-refractivity contribution is 9.10. The van der Waals surface area contributed by atoms with Crippen LogP contribution in [0.25, 0.3) is 0 Å². The standard InChI is InChI=1S/C5H5BrN2O3/c6-5-8-1-2(11-5)3(7)4(9)10/h1,3H,7H2,(H,9,10). The van der Waals surface area contributed by atoms with Crippen LogP contribution in [0.4, 0.5) is 0 Å². The van der Waals surface area contributed by atoms with Crippen LogP contribution in [0, 0.1) is 0 Å². The van der Waals surface area contributed by atoms with Crippen molar-refractivity contribution in [1.82, 2.24) is 4.98 Å². The second kappa shape index (κ2) is 3.02. The molecular formula is C5H5BrN2O3. The van der Waals surface area contributed by atoms with E-state index in [1.165, 1.54) is 6.20 Å². The lowest BCUT2D eigenvalue weighted by molar-refractivity contribution is -0.139. The van der Waals surface area contributed by atoms with E-state index in [1.807, 2.05) is 0 Å². The maximum atomic E-state index is 10.3. The lowest BCUT2D eigenvalue weighted by atomic mass is 10.3. The zero-order valence-corrected chi connectivity index (χ0v) is 6.91. The van der Waals surface area contributed by atoms with E-state index in [1.54, 1.807) is 0 Å². The molecule has 0 radical (unpaired) electrons. The van der Waals surface area contributed by atoms with Gasteiger partial charge >= 0.3 is 5.97 Å². The Morgan fingerprint density at radius 2 is 2.55 bits per heavy atom. The second-order valence-corrected chi connectivity index (χ2v) is 2.51. The van der Waals surface area contributed by atoms with Crippen LogP contribution in [0.5, 0.6) is 0 Å². The minimum Gasteiger partial charge on any atom is -0.480 e. The number of carbonyl (C=O) groups is 1. The number of halogens is 1. The van der Waals surface area contributed by atoms with Gasteiger partial charge in [-0.2, -0.15) is 0 Å². The molecule has 11 heavy (non-hydrogen) atoms. The summed E-state index contributed by atoms with van der Waals surface area (Å²) in [5.41, 5.74) is 5.20. The Kier molecular flexibility index (Phi) is 2.25. The molecule has 0 aliphatic carbocycles. The number of nitrogens with zero attached hydrogens (tertiary/aromatic N) is 1. The maximum absolute atomic E-state index is 10.3. The fourth-order valence-corrected chi connectivity index (χ4v) is 0.819. The average molecular weight is 221 g/mol.